The Labute approximate surface area is 138 Å². The third kappa shape index (κ3) is 3.06. The molecule has 1 aliphatic heterocycles. The topological polar surface area (TPSA) is 58.1 Å². The molecule has 1 saturated heterocycles. The Kier molecular flexibility index (Phi) is 3.80. The molecule has 0 spiro atoms. The van der Waals surface area contributed by atoms with E-state index in [9.17, 15) is 4.79 Å². The summed E-state index contributed by atoms with van der Waals surface area (Å²) in [6, 6.07) is 5.95. The predicted octanol–water partition coefficient (Wildman–Crippen LogP) is 2.74. The van der Waals surface area contributed by atoms with Gasteiger partial charge in [0.15, 0.2) is 0 Å². The van der Waals surface area contributed by atoms with Crippen molar-refractivity contribution in [3.05, 3.63) is 29.0 Å². The molecule has 1 aromatic carbocycles. The molecular formula is C16H19BrN4O. The van der Waals surface area contributed by atoms with E-state index in [0.29, 0.717) is 13.1 Å². The van der Waals surface area contributed by atoms with Crippen LogP contribution in [0.1, 0.15) is 20.8 Å². The lowest BCUT2D eigenvalue weighted by molar-refractivity contribution is -0.127. The Balaban J connectivity index is 1.76. The van der Waals surface area contributed by atoms with Crippen LogP contribution in [0.5, 0.6) is 0 Å². The maximum absolute atomic E-state index is 12.2. The van der Waals surface area contributed by atoms with Gasteiger partial charge in [-0.3, -0.25) is 4.79 Å². The number of rotatable bonds is 2. The van der Waals surface area contributed by atoms with Gasteiger partial charge in [0.2, 0.25) is 5.91 Å². The van der Waals surface area contributed by atoms with Crippen molar-refractivity contribution in [3.63, 3.8) is 0 Å². The molecule has 116 valence electrons. The smallest absolute Gasteiger partial charge is 0.227 e. The highest BCUT2D eigenvalue weighted by molar-refractivity contribution is 9.10. The van der Waals surface area contributed by atoms with Gasteiger partial charge in [-0.05, 0) is 39.0 Å². The monoisotopic (exact) mass is 362 g/mol. The fraction of sp³-hybridized carbons (Fsp3) is 0.438. The first-order valence-corrected chi connectivity index (χ1v) is 8.10. The van der Waals surface area contributed by atoms with Gasteiger partial charge >= 0.3 is 0 Å². The SMILES string of the molecule is CC(C)(C)NC(=O)C1CN(c2ncnc3ccc(Br)cc23)C1. The minimum Gasteiger partial charge on any atom is -0.354 e. The number of carbonyl (C=O) groups excluding carboxylic acids is 1. The van der Waals surface area contributed by atoms with E-state index in [4.69, 9.17) is 0 Å². The number of nitrogens with one attached hydrogen (secondary N) is 1. The van der Waals surface area contributed by atoms with Crippen LogP contribution in [0.2, 0.25) is 0 Å². The zero-order chi connectivity index (χ0) is 15.9. The molecule has 1 fully saturated rings. The number of hydrogen-bond donors (Lipinski definition) is 1. The van der Waals surface area contributed by atoms with Crippen LogP contribution in [0.4, 0.5) is 5.82 Å². The highest BCUT2D eigenvalue weighted by Crippen LogP contribution is 2.30. The third-order valence-electron chi connectivity index (χ3n) is 3.63. The number of nitrogens with zero attached hydrogens (tertiary/aromatic N) is 3. The number of carbonyl (C=O) groups is 1. The molecule has 0 atom stereocenters. The number of anilines is 1. The van der Waals surface area contributed by atoms with E-state index in [-0.39, 0.29) is 17.4 Å². The average Bonchev–Trinajstić information content (AvgIpc) is 2.35. The number of aromatic nitrogens is 2. The Morgan fingerprint density at radius 1 is 1.32 bits per heavy atom. The molecule has 1 amide bonds. The van der Waals surface area contributed by atoms with Gasteiger partial charge in [0.1, 0.15) is 12.1 Å². The van der Waals surface area contributed by atoms with Gasteiger partial charge in [0.25, 0.3) is 0 Å². The quantitative estimate of drug-likeness (QED) is 0.892. The van der Waals surface area contributed by atoms with Crippen molar-refractivity contribution in [1.29, 1.82) is 0 Å². The molecule has 5 nitrogen and oxygen atoms in total. The standard InChI is InChI=1S/C16H19BrN4O/c1-16(2,3)20-15(22)10-7-21(8-10)14-12-6-11(17)4-5-13(12)18-9-19-14/h4-6,9-10H,7-8H2,1-3H3,(H,20,22). The van der Waals surface area contributed by atoms with Crippen molar-refractivity contribution in [1.82, 2.24) is 15.3 Å². The third-order valence-corrected chi connectivity index (χ3v) is 4.12. The van der Waals surface area contributed by atoms with Crippen molar-refractivity contribution in [2.75, 3.05) is 18.0 Å². The normalized spacial score (nSPS) is 15.7. The van der Waals surface area contributed by atoms with Crippen molar-refractivity contribution in [3.8, 4) is 0 Å². The molecule has 6 heteroatoms. The fourth-order valence-electron chi connectivity index (χ4n) is 2.56. The van der Waals surface area contributed by atoms with Crippen molar-refractivity contribution in [2.45, 2.75) is 26.3 Å². The molecule has 1 aromatic heterocycles. The van der Waals surface area contributed by atoms with Crippen LogP contribution in [-0.4, -0.2) is 34.5 Å². The summed E-state index contributed by atoms with van der Waals surface area (Å²) in [4.78, 5) is 23.0. The minimum atomic E-state index is -0.190. The second-order valence-electron chi connectivity index (χ2n) is 6.70. The van der Waals surface area contributed by atoms with Crippen LogP contribution in [0, 0.1) is 5.92 Å². The minimum absolute atomic E-state index is 0.0244. The zero-order valence-electron chi connectivity index (χ0n) is 12.9. The Bertz CT molecular complexity index is 720. The van der Waals surface area contributed by atoms with E-state index < -0.39 is 0 Å². The molecule has 1 N–H and O–H groups in total. The van der Waals surface area contributed by atoms with Gasteiger partial charge in [-0.15, -0.1) is 0 Å². The van der Waals surface area contributed by atoms with Gasteiger partial charge in [-0.1, -0.05) is 15.9 Å². The fourth-order valence-corrected chi connectivity index (χ4v) is 2.92. The summed E-state index contributed by atoms with van der Waals surface area (Å²) in [7, 11) is 0. The van der Waals surface area contributed by atoms with Gasteiger partial charge in [-0.25, -0.2) is 9.97 Å². The van der Waals surface area contributed by atoms with Crippen LogP contribution in [0.25, 0.3) is 10.9 Å². The van der Waals surface area contributed by atoms with Crippen LogP contribution in [-0.2, 0) is 4.79 Å². The van der Waals surface area contributed by atoms with Crippen LogP contribution in [0.15, 0.2) is 29.0 Å². The lowest BCUT2D eigenvalue weighted by atomic mass is 9.96. The van der Waals surface area contributed by atoms with Gasteiger partial charge in [-0.2, -0.15) is 0 Å². The summed E-state index contributed by atoms with van der Waals surface area (Å²) >= 11 is 3.49. The first-order chi connectivity index (χ1) is 10.3. The predicted molar refractivity (Wildman–Crippen MR) is 90.8 cm³/mol. The van der Waals surface area contributed by atoms with Gasteiger partial charge in [0, 0.05) is 28.5 Å². The number of hydrogen-bond acceptors (Lipinski definition) is 4. The largest absolute Gasteiger partial charge is 0.354 e. The van der Waals surface area contributed by atoms with E-state index in [0.717, 1.165) is 21.2 Å². The summed E-state index contributed by atoms with van der Waals surface area (Å²) in [6.07, 6.45) is 1.58. The second-order valence-corrected chi connectivity index (χ2v) is 7.62. The lowest BCUT2D eigenvalue weighted by Gasteiger charge is -2.40. The Morgan fingerprint density at radius 3 is 2.73 bits per heavy atom. The van der Waals surface area contributed by atoms with E-state index in [1.807, 2.05) is 39.0 Å². The summed E-state index contributed by atoms with van der Waals surface area (Å²) in [5, 5.41) is 4.04. The number of benzene rings is 1. The first kappa shape index (κ1) is 15.2. The van der Waals surface area contributed by atoms with E-state index in [1.54, 1.807) is 6.33 Å². The number of amides is 1. The first-order valence-electron chi connectivity index (χ1n) is 7.31. The molecule has 0 bridgehead atoms. The molecule has 22 heavy (non-hydrogen) atoms. The molecule has 0 saturated carbocycles. The Morgan fingerprint density at radius 2 is 2.05 bits per heavy atom. The molecule has 3 rings (SSSR count). The average molecular weight is 363 g/mol. The van der Waals surface area contributed by atoms with Crippen LogP contribution >= 0.6 is 15.9 Å². The van der Waals surface area contributed by atoms with Gasteiger partial charge in [0.05, 0.1) is 11.4 Å². The van der Waals surface area contributed by atoms with Crippen molar-refractivity contribution < 1.29 is 4.79 Å². The van der Waals surface area contributed by atoms with Crippen LogP contribution in [0.3, 0.4) is 0 Å². The summed E-state index contributed by atoms with van der Waals surface area (Å²) < 4.78 is 0.999. The molecule has 1 aliphatic rings. The number of halogens is 1. The van der Waals surface area contributed by atoms with Crippen LogP contribution < -0.4 is 10.2 Å². The maximum atomic E-state index is 12.2. The lowest BCUT2D eigenvalue weighted by Crippen LogP contribution is -2.56. The second kappa shape index (κ2) is 5.50. The summed E-state index contributed by atoms with van der Waals surface area (Å²) in [5.41, 5.74) is 0.722. The van der Waals surface area contributed by atoms with E-state index >= 15 is 0 Å². The van der Waals surface area contributed by atoms with Crippen molar-refractivity contribution in [2.24, 2.45) is 5.92 Å². The summed E-state index contributed by atoms with van der Waals surface area (Å²) in [6.45, 7) is 7.38. The van der Waals surface area contributed by atoms with Crippen molar-refractivity contribution >= 4 is 38.6 Å². The molecule has 0 aliphatic carbocycles. The van der Waals surface area contributed by atoms with Gasteiger partial charge < -0.3 is 10.2 Å². The highest BCUT2D eigenvalue weighted by atomic mass is 79.9. The molecule has 2 heterocycles. The summed E-state index contributed by atoms with van der Waals surface area (Å²) in [5.74, 6) is 1.03. The van der Waals surface area contributed by atoms with E-state index in [1.165, 1.54) is 0 Å². The molecule has 0 unspecified atom stereocenters. The number of fused-ring (bicyclic) bond motifs is 1. The zero-order valence-corrected chi connectivity index (χ0v) is 14.5. The molecular weight excluding hydrogens is 344 g/mol. The maximum Gasteiger partial charge on any atom is 0.227 e. The van der Waals surface area contributed by atoms with E-state index in [2.05, 4.69) is 36.1 Å². The molecule has 0 radical (unpaired) electrons. The Hall–Kier alpha value is -1.69. The highest BCUT2D eigenvalue weighted by Gasteiger charge is 2.35. The molecule has 2 aromatic rings.